The van der Waals surface area contributed by atoms with E-state index in [2.05, 4.69) is 10.1 Å². The summed E-state index contributed by atoms with van der Waals surface area (Å²) < 4.78 is 39.5. The fourth-order valence-electron chi connectivity index (χ4n) is 2.31. The second kappa shape index (κ2) is 10.3. The van der Waals surface area contributed by atoms with Crippen LogP contribution in [0.4, 0.5) is 14.5 Å². The van der Waals surface area contributed by atoms with E-state index in [9.17, 15) is 13.6 Å². The Morgan fingerprint density at radius 2 is 1.96 bits per heavy atom. The summed E-state index contributed by atoms with van der Waals surface area (Å²) in [5, 5.41) is 2.79. The third-order valence-electron chi connectivity index (χ3n) is 3.57. The van der Waals surface area contributed by atoms with Gasteiger partial charge in [-0.25, -0.2) is 0 Å². The third-order valence-corrected chi connectivity index (χ3v) is 3.57. The molecule has 1 N–H and O–H groups in total. The van der Waals surface area contributed by atoms with Gasteiger partial charge in [-0.1, -0.05) is 24.3 Å². The topological polar surface area (TPSA) is 56.8 Å². The highest BCUT2D eigenvalue weighted by Crippen LogP contribution is 2.29. The van der Waals surface area contributed by atoms with Crippen LogP contribution < -0.4 is 14.8 Å². The predicted molar refractivity (Wildman–Crippen MR) is 99.1 cm³/mol. The van der Waals surface area contributed by atoms with Gasteiger partial charge in [0.1, 0.15) is 0 Å². The van der Waals surface area contributed by atoms with Gasteiger partial charge in [0.05, 0.1) is 13.7 Å². The Kier molecular flexibility index (Phi) is 7.76. The zero-order chi connectivity index (χ0) is 19.6. The number of ether oxygens (including phenoxy) is 3. The normalized spacial score (nSPS) is 11.0. The summed E-state index contributed by atoms with van der Waals surface area (Å²) >= 11 is 0. The van der Waals surface area contributed by atoms with E-state index in [1.54, 1.807) is 18.2 Å². The van der Waals surface area contributed by atoms with E-state index in [4.69, 9.17) is 9.47 Å². The van der Waals surface area contributed by atoms with Gasteiger partial charge in [-0.15, -0.1) is 0 Å². The average molecular weight is 377 g/mol. The summed E-state index contributed by atoms with van der Waals surface area (Å²) in [6.07, 6.45) is 2.90. The Balaban J connectivity index is 2.06. The van der Waals surface area contributed by atoms with Gasteiger partial charge in [-0.3, -0.25) is 4.79 Å². The first-order valence-electron chi connectivity index (χ1n) is 8.31. The highest BCUT2D eigenvalue weighted by molar-refractivity contribution is 6.02. The smallest absolute Gasteiger partial charge is 0.387 e. The molecule has 0 radical (unpaired) electrons. The second-order valence-corrected chi connectivity index (χ2v) is 5.41. The highest BCUT2D eigenvalue weighted by atomic mass is 19.3. The summed E-state index contributed by atoms with van der Waals surface area (Å²) in [5.74, 6) is -0.246. The Hall–Kier alpha value is -2.93. The van der Waals surface area contributed by atoms with Crippen LogP contribution in [-0.4, -0.2) is 26.2 Å². The van der Waals surface area contributed by atoms with E-state index in [0.29, 0.717) is 24.5 Å². The van der Waals surface area contributed by atoms with Crippen molar-refractivity contribution in [3.05, 3.63) is 59.7 Å². The first-order valence-corrected chi connectivity index (χ1v) is 8.31. The second-order valence-electron chi connectivity index (χ2n) is 5.41. The lowest BCUT2D eigenvalue weighted by molar-refractivity contribution is -0.111. The molecule has 0 bridgehead atoms. The van der Waals surface area contributed by atoms with Crippen molar-refractivity contribution in [2.75, 3.05) is 19.0 Å². The number of carbonyl (C=O) groups is 1. The van der Waals surface area contributed by atoms with Gasteiger partial charge in [0.25, 0.3) is 0 Å². The molecule has 0 spiro atoms. The number of methoxy groups -OCH3 is 1. The van der Waals surface area contributed by atoms with Gasteiger partial charge in [0.15, 0.2) is 11.5 Å². The molecule has 0 aliphatic rings. The van der Waals surface area contributed by atoms with Gasteiger partial charge in [0, 0.05) is 23.9 Å². The van der Waals surface area contributed by atoms with E-state index in [-0.39, 0.29) is 17.4 Å². The van der Waals surface area contributed by atoms with Gasteiger partial charge >= 0.3 is 6.61 Å². The molecule has 0 atom stereocenters. The maximum absolute atomic E-state index is 12.4. The fraction of sp³-hybridized carbons (Fsp3) is 0.250. The third kappa shape index (κ3) is 6.38. The molecule has 2 aromatic rings. The van der Waals surface area contributed by atoms with Gasteiger partial charge < -0.3 is 19.5 Å². The molecule has 144 valence electrons. The van der Waals surface area contributed by atoms with Crippen LogP contribution in [0.2, 0.25) is 0 Å². The number of carbonyl (C=O) groups excluding carboxylic acids is 1. The Morgan fingerprint density at radius 3 is 2.67 bits per heavy atom. The number of halogens is 2. The summed E-state index contributed by atoms with van der Waals surface area (Å²) in [5.41, 5.74) is 2.14. The summed E-state index contributed by atoms with van der Waals surface area (Å²) in [4.78, 5) is 12.2. The molecule has 0 heterocycles. The molecule has 0 unspecified atom stereocenters. The lowest BCUT2D eigenvalue weighted by atomic mass is 10.1. The highest BCUT2D eigenvalue weighted by Gasteiger charge is 2.10. The minimum absolute atomic E-state index is 0.0704. The van der Waals surface area contributed by atoms with Crippen molar-refractivity contribution >= 4 is 17.7 Å². The van der Waals surface area contributed by atoms with Crippen LogP contribution in [-0.2, 0) is 16.1 Å². The minimum Gasteiger partial charge on any atom is -0.493 e. The Morgan fingerprint density at radius 1 is 1.19 bits per heavy atom. The molecule has 2 rings (SSSR count). The summed E-state index contributed by atoms with van der Waals surface area (Å²) in [7, 11) is 1.35. The van der Waals surface area contributed by atoms with Crippen LogP contribution >= 0.6 is 0 Å². The molecule has 0 aliphatic carbocycles. The summed E-state index contributed by atoms with van der Waals surface area (Å²) in [6.45, 7) is -0.0623. The number of nitrogens with one attached hydrogen (secondary N) is 1. The molecule has 0 fully saturated rings. The SMILES string of the molecule is CCOCc1ccccc1NC(=O)/C=C/c1ccc(OC(F)F)c(OC)c1. The summed E-state index contributed by atoms with van der Waals surface area (Å²) in [6, 6.07) is 11.8. The fourth-order valence-corrected chi connectivity index (χ4v) is 2.31. The van der Waals surface area contributed by atoms with Crippen molar-refractivity contribution in [2.45, 2.75) is 20.1 Å². The van der Waals surface area contributed by atoms with Crippen LogP contribution in [0, 0.1) is 0 Å². The molecule has 2 aromatic carbocycles. The van der Waals surface area contributed by atoms with Gasteiger partial charge in [-0.2, -0.15) is 8.78 Å². The number of para-hydroxylation sites is 1. The standard InChI is InChI=1S/C20H21F2NO4/c1-3-26-13-15-6-4-5-7-16(15)23-19(24)11-9-14-8-10-17(27-20(21)22)18(12-14)25-2/h4-12,20H,3,13H2,1-2H3,(H,23,24)/b11-9+. The Labute approximate surface area is 156 Å². The number of benzene rings is 2. The quantitative estimate of drug-likeness (QED) is 0.655. The van der Waals surface area contributed by atoms with E-state index in [1.807, 2.05) is 25.1 Å². The van der Waals surface area contributed by atoms with Crippen LogP contribution in [0.25, 0.3) is 6.08 Å². The van der Waals surface area contributed by atoms with Crippen LogP contribution in [0.3, 0.4) is 0 Å². The predicted octanol–water partition coefficient (Wildman–Crippen LogP) is 4.49. The van der Waals surface area contributed by atoms with Crippen molar-refractivity contribution in [3.8, 4) is 11.5 Å². The molecule has 7 heteroatoms. The lowest BCUT2D eigenvalue weighted by Gasteiger charge is -2.10. The van der Waals surface area contributed by atoms with Crippen LogP contribution in [0.1, 0.15) is 18.1 Å². The molecular formula is C20H21F2NO4. The zero-order valence-corrected chi connectivity index (χ0v) is 15.1. The van der Waals surface area contributed by atoms with Crippen LogP contribution in [0.15, 0.2) is 48.5 Å². The van der Waals surface area contributed by atoms with Crippen LogP contribution in [0.5, 0.6) is 11.5 Å². The molecule has 27 heavy (non-hydrogen) atoms. The first kappa shape index (κ1) is 20.4. The minimum atomic E-state index is -2.94. The lowest BCUT2D eigenvalue weighted by Crippen LogP contribution is -2.10. The number of rotatable bonds is 9. The van der Waals surface area contributed by atoms with Gasteiger partial charge in [0.2, 0.25) is 5.91 Å². The number of anilines is 1. The molecule has 0 saturated heterocycles. The number of amides is 1. The average Bonchev–Trinajstić information content (AvgIpc) is 2.66. The number of alkyl halides is 2. The number of hydrogen-bond donors (Lipinski definition) is 1. The zero-order valence-electron chi connectivity index (χ0n) is 15.1. The molecule has 0 aliphatic heterocycles. The molecule has 0 aromatic heterocycles. The number of hydrogen-bond acceptors (Lipinski definition) is 4. The monoisotopic (exact) mass is 377 g/mol. The molecule has 1 amide bonds. The van der Waals surface area contributed by atoms with E-state index in [1.165, 1.54) is 25.3 Å². The van der Waals surface area contributed by atoms with Crippen molar-refractivity contribution in [1.82, 2.24) is 0 Å². The van der Waals surface area contributed by atoms with E-state index in [0.717, 1.165) is 5.56 Å². The maximum atomic E-state index is 12.4. The molecule has 0 saturated carbocycles. The largest absolute Gasteiger partial charge is 0.493 e. The van der Waals surface area contributed by atoms with Crippen molar-refractivity contribution < 1.29 is 27.8 Å². The molecular weight excluding hydrogens is 356 g/mol. The first-order chi connectivity index (χ1) is 13.0. The van der Waals surface area contributed by atoms with E-state index < -0.39 is 6.61 Å². The molecule has 5 nitrogen and oxygen atoms in total. The van der Waals surface area contributed by atoms with E-state index >= 15 is 0 Å². The van der Waals surface area contributed by atoms with Crippen molar-refractivity contribution in [3.63, 3.8) is 0 Å². The Bertz CT molecular complexity index is 793. The van der Waals surface area contributed by atoms with Gasteiger partial charge in [-0.05, 0) is 36.8 Å². The van der Waals surface area contributed by atoms with Crippen molar-refractivity contribution in [2.24, 2.45) is 0 Å². The van der Waals surface area contributed by atoms with Crippen molar-refractivity contribution in [1.29, 1.82) is 0 Å². The maximum Gasteiger partial charge on any atom is 0.387 e.